The first kappa shape index (κ1) is 41.3. The summed E-state index contributed by atoms with van der Waals surface area (Å²) in [6.07, 6.45) is 30.7. The first-order valence-corrected chi connectivity index (χ1v) is 22.1. The van der Waals surface area contributed by atoms with E-state index < -0.39 is 0 Å². The zero-order valence-electron chi connectivity index (χ0n) is 35.1. The molecule has 0 saturated heterocycles. The van der Waals surface area contributed by atoms with Crippen LogP contribution < -0.4 is 24.8 Å². The van der Waals surface area contributed by atoms with Crippen molar-refractivity contribution in [3.05, 3.63) is 197 Å². The third-order valence-corrected chi connectivity index (χ3v) is 20.1. The van der Waals surface area contributed by atoms with Gasteiger partial charge in [-0.1, -0.05) is 0 Å². The number of hydrogen-bond acceptors (Lipinski definition) is 0. The Bertz CT molecular complexity index is 2630. The van der Waals surface area contributed by atoms with Crippen molar-refractivity contribution in [1.29, 1.82) is 0 Å². The van der Waals surface area contributed by atoms with Gasteiger partial charge < -0.3 is 24.8 Å². The number of rotatable bonds is 3. The van der Waals surface area contributed by atoms with Crippen molar-refractivity contribution in [1.82, 2.24) is 0 Å². The summed E-state index contributed by atoms with van der Waals surface area (Å²) in [4.78, 5) is 0. The number of fused-ring (bicyclic) bond motifs is 10. The summed E-state index contributed by atoms with van der Waals surface area (Å²) in [6.45, 7) is 21.1. The van der Waals surface area contributed by atoms with Crippen LogP contribution in [0.15, 0.2) is 186 Å². The quantitative estimate of drug-likeness (QED) is 0.194. The van der Waals surface area contributed by atoms with Gasteiger partial charge in [0.15, 0.2) is 0 Å². The van der Waals surface area contributed by atoms with Gasteiger partial charge in [0.2, 0.25) is 0 Å². The molecule has 10 rings (SSSR count). The normalized spacial score (nSPS) is 36.4. The van der Waals surface area contributed by atoms with Crippen LogP contribution in [0.2, 0.25) is 3.63 Å². The molecule has 0 nitrogen and oxygen atoms in total. The Morgan fingerprint density at radius 3 is 1.59 bits per heavy atom. The van der Waals surface area contributed by atoms with Crippen LogP contribution in [0.25, 0.3) is 27.1 Å². The fraction of sp³-hybridized carbons (Fsp3) is 0.309. The molecule has 6 aliphatic rings. The number of allylic oxidation sites excluding steroid dienone is 17. The Kier molecular flexibility index (Phi) is 9.62. The van der Waals surface area contributed by atoms with Gasteiger partial charge in [-0.05, 0) is 0 Å². The Morgan fingerprint density at radius 2 is 1.07 bits per heavy atom. The van der Waals surface area contributed by atoms with E-state index in [4.69, 9.17) is 0 Å². The third kappa shape index (κ3) is 4.58. The second-order valence-corrected chi connectivity index (χ2v) is 20.4. The van der Waals surface area contributed by atoms with Crippen LogP contribution in [-0.2, 0) is 24.7 Å². The molecule has 0 amide bonds. The summed E-state index contributed by atoms with van der Waals surface area (Å²) < 4.78 is 0.391. The molecule has 8 atom stereocenters. The number of benzene rings is 4. The monoisotopic (exact) mass is 873 g/mol. The molecule has 6 aliphatic carbocycles. The summed E-state index contributed by atoms with van der Waals surface area (Å²) in [5.74, 6) is 0. The second-order valence-electron chi connectivity index (χ2n) is 19.0. The minimum atomic E-state index is -0.207. The maximum atomic E-state index is 2.75. The van der Waals surface area contributed by atoms with Crippen molar-refractivity contribution >= 4 is 27.1 Å². The van der Waals surface area contributed by atoms with Crippen LogP contribution in [0.1, 0.15) is 72.9 Å². The summed E-state index contributed by atoms with van der Waals surface area (Å²) in [6, 6.07) is 31.9. The van der Waals surface area contributed by atoms with E-state index in [-0.39, 0.29) is 62.7 Å². The maximum absolute atomic E-state index is 2.75. The fourth-order valence-corrected chi connectivity index (χ4v) is 16.4. The first-order chi connectivity index (χ1) is 26.7. The van der Waals surface area contributed by atoms with Crippen LogP contribution in [0.5, 0.6) is 0 Å². The molecule has 0 spiro atoms. The Hall–Kier alpha value is -3.48. The Morgan fingerprint density at radius 1 is 0.586 bits per heavy atom. The summed E-state index contributed by atoms with van der Waals surface area (Å²) >= 11 is 1.60. The molecule has 4 aromatic rings. The summed E-state index contributed by atoms with van der Waals surface area (Å²) in [7, 11) is 0. The molecule has 0 heterocycles. The fourth-order valence-electron chi connectivity index (χ4n) is 14.0. The van der Waals surface area contributed by atoms with E-state index in [0.29, 0.717) is 3.63 Å². The third-order valence-electron chi connectivity index (χ3n) is 17.9. The van der Waals surface area contributed by atoms with Gasteiger partial charge in [-0.3, -0.25) is 0 Å². The van der Waals surface area contributed by atoms with Gasteiger partial charge in [0.05, 0.1) is 0 Å². The molecule has 3 heteroatoms. The van der Waals surface area contributed by atoms with Crippen LogP contribution in [-0.4, -0.2) is 0 Å². The molecule has 0 aliphatic heterocycles. The minimum Gasteiger partial charge on any atom is -1.00 e. The molecule has 4 aromatic carbocycles. The van der Waals surface area contributed by atoms with Gasteiger partial charge in [0, 0.05) is 0 Å². The van der Waals surface area contributed by atoms with E-state index in [1.165, 1.54) is 60.5 Å². The van der Waals surface area contributed by atoms with Crippen molar-refractivity contribution in [2.75, 3.05) is 0 Å². The SMILES string of the molecule is CC1=C(C2=CC=CC2)C(=C(c2ccc3ccccc3c2)c2ccc3ccccc3c2)C=C2[CH]([Zr+2])C3(C)C4(C)C=CC=CC4(C)C4(C)C=CC=CC4(C)C3(C)C21C.[Cl-].[Cl-]. The van der Waals surface area contributed by atoms with Gasteiger partial charge in [0.25, 0.3) is 0 Å². The molecule has 2 fully saturated rings. The van der Waals surface area contributed by atoms with Crippen LogP contribution in [0, 0.1) is 37.9 Å². The predicted molar refractivity (Wildman–Crippen MR) is 234 cm³/mol. The van der Waals surface area contributed by atoms with Gasteiger partial charge >= 0.3 is 352 Å². The number of halogens is 2. The van der Waals surface area contributed by atoms with Crippen LogP contribution in [0.4, 0.5) is 0 Å². The minimum absolute atomic E-state index is 0. The molecule has 8 unspecified atom stereocenters. The average Bonchev–Trinajstić information content (AvgIpc) is 3.78. The molecule has 0 aromatic heterocycles. The maximum Gasteiger partial charge on any atom is -1.00 e. The standard InChI is InChI=1S/C55H53.2ClH.Zr/c1-37-47(40-21-11-12-22-40)46(48(43-27-25-38-19-9-13-23-41(38)33-43)44-28-26-39-20-10-14-24-42(39)34-44)35-45-36-53(6)51(4)31-16-15-29-49(51,2)50(3)30-17-18-32-52(50,5)55(53,8)54(37,45)7;;;/h9-21,23-36H,22H2,1-8H3;2*1H;/q;;;+2/p-2. The summed E-state index contributed by atoms with van der Waals surface area (Å²) in [5, 5.41) is 5.11. The molecule has 291 valence electrons. The van der Waals surface area contributed by atoms with Gasteiger partial charge in [-0.25, -0.2) is 0 Å². The molecular formula is C55H53Cl2Zr. The average molecular weight is 876 g/mol. The zero-order chi connectivity index (χ0) is 39.1. The predicted octanol–water partition coefficient (Wildman–Crippen LogP) is 8.60. The van der Waals surface area contributed by atoms with Gasteiger partial charge in [-0.2, -0.15) is 0 Å². The topological polar surface area (TPSA) is 0 Å². The van der Waals surface area contributed by atoms with E-state index in [2.05, 4.69) is 213 Å². The molecule has 0 N–H and O–H groups in total. The van der Waals surface area contributed by atoms with Crippen molar-refractivity contribution in [3.63, 3.8) is 0 Å². The van der Waals surface area contributed by atoms with Crippen molar-refractivity contribution in [2.45, 2.75) is 65.4 Å². The largest absolute Gasteiger partial charge is 1.00 e. The Labute approximate surface area is 374 Å². The molecule has 0 radical (unpaired) electrons. The van der Waals surface area contributed by atoms with E-state index in [1.54, 1.807) is 30.3 Å². The van der Waals surface area contributed by atoms with Crippen molar-refractivity contribution in [3.8, 4) is 0 Å². The van der Waals surface area contributed by atoms with Crippen LogP contribution in [0.3, 0.4) is 0 Å². The van der Waals surface area contributed by atoms with E-state index in [1.807, 2.05) is 0 Å². The zero-order valence-corrected chi connectivity index (χ0v) is 39.0. The first-order valence-electron chi connectivity index (χ1n) is 20.7. The molecule has 2 saturated carbocycles. The van der Waals surface area contributed by atoms with Crippen LogP contribution >= 0.6 is 0 Å². The summed E-state index contributed by atoms with van der Waals surface area (Å²) in [5.41, 5.74) is 10.4. The van der Waals surface area contributed by atoms with Crippen molar-refractivity contribution < 1.29 is 49.5 Å². The van der Waals surface area contributed by atoms with Gasteiger partial charge in [-0.15, -0.1) is 0 Å². The Balaban J connectivity index is 0.00000235. The second kappa shape index (κ2) is 13.5. The molecule has 58 heavy (non-hydrogen) atoms. The molecular weight excluding hydrogens is 823 g/mol. The van der Waals surface area contributed by atoms with E-state index in [0.717, 1.165) is 6.42 Å². The smallest absolute Gasteiger partial charge is 1.00 e. The van der Waals surface area contributed by atoms with E-state index in [9.17, 15) is 0 Å². The number of hydrogen-bond donors (Lipinski definition) is 0. The van der Waals surface area contributed by atoms with E-state index >= 15 is 0 Å². The molecule has 0 bridgehead atoms. The van der Waals surface area contributed by atoms with Crippen molar-refractivity contribution in [2.24, 2.45) is 37.9 Å². The van der Waals surface area contributed by atoms with Gasteiger partial charge in [0.1, 0.15) is 0 Å².